The van der Waals surface area contributed by atoms with Gasteiger partial charge in [0.15, 0.2) is 5.17 Å². The minimum absolute atomic E-state index is 0.124. The van der Waals surface area contributed by atoms with Gasteiger partial charge in [0, 0.05) is 5.56 Å². The number of benzene rings is 1. The third-order valence-electron chi connectivity index (χ3n) is 2.43. The van der Waals surface area contributed by atoms with E-state index in [-0.39, 0.29) is 17.1 Å². The Morgan fingerprint density at radius 3 is 2.56 bits per heavy atom. The summed E-state index contributed by atoms with van der Waals surface area (Å²) in [6, 6.07) is 6.65. The van der Waals surface area contributed by atoms with Gasteiger partial charge in [-0.3, -0.25) is 9.59 Å². The van der Waals surface area contributed by atoms with Crippen molar-refractivity contribution in [3.05, 3.63) is 29.8 Å². The van der Waals surface area contributed by atoms with Gasteiger partial charge < -0.3 is 10.1 Å². The number of rotatable bonds is 2. The fraction of sp³-hybridized carbons (Fsp3) is 0.250. The fourth-order valence-electron chi connectivity index (χ4n) is 1.40. The predicted molar refractivity (Wildman–Crippen MR) is 70.0 cm³/mol. The maximum Gasteiger partial charge on any atom is 0.279 e. The molecule has 1 aromatic carbocycles. The van der Waals surface area contributed by atoms with Gasteiger partial charge in [-0.2, -0.15) is 4.99 Å². The Morgan fingerprint density at radius 2 is 2.06 bits per heavy atom. The highest BCUT2D eigenvalue weighted by molar-refractivity contribution is 8.15. The molecule has 6 heteroatoms. The van der Waals surface area contributed by atoms with Crippen molar-refractivity contribution >= 4 is 28.7 Å². The third-order valence-corrected chi connectivity index (χ3v) is 3.41. The summed E-state index contributed by atoms with van der Waals surface area (Å²) in [5, 5.41) is 2.71. The molecule has 1 atom stereocenters. The number of amidine groups is 1. The molecule has 1 heterocycles. The summed E-state index contributed by atoms with van der Waals surface area (Å²) in [5.41, 5.74) is 0.456. The summed E-state index contributed by atoms with van der Waals surface area (Å²) in [6.07, 6.45) is 0. The van der Waals surface area contributed by atoms with Crippen LogP contribution < -0.4 is 10.1 Å². The lowest BCUT2D eigenvalue weighted by molar-refractivity contribution is -0.118. The maximum atomic E-state index is 11.8. The van der Waals surface area contributed by atoms with E-state index in [2.05, 4.69) is 10.3 Å². The number of aliphatic imine (C=N–C) groups is 1. The quantitative estimate of drug-likeness (QED) is 0.877. The molecule has 1 N–H and O–H groups in total. The molecule has 2 amide bonds. The molecule has 0 aliphatic carbocycles. The second-order valence-electron chi connectivity index (χ2n) is 3.70. The van der Waals surface area contributed by atoms with Gasteiger partial charge in [0.1, 0.15) is 5.75 Å². The number of hydrogen-bond acceptors (Lipinski definition) is 4. The normalized spacial score (nSPS) is 20.9. The molecule has 1 saturated heterocycles. The van der Waals surface area contributed by atoms with Crippen LogP contribution in [0.2, 0.25) is 0 Å². The minimum atomic E-state index is -0.380. The van der Waals surface area contributed by atoms with Crippen LogP contribution in [-0.4, -0.2) is 29.3 Å². The molecule has 18 heavy (non-hydrogen) atoms. The van der Waals surface area contributed by atoms with E-state index in [1.54, 1.807) is 38.3 Å². The van der Waals surface area contributed by atoms with Crippen LogP contribution >= 0.6 is 11.8 Å². The Kier molecular flexibility index (Phi) is 3.66. The molecule has 5 nitrogen and oxygen atoms in total. The van der Waals surface area contributed by atoms with Crippen molar-refractivity contribution in [1.82, 2.24) is 5.32 Å². The first kappa shape index (κ1) is 12.6. The van der Waals surface area contributed by atoms with Gasteiger partial charge >= 0.3 is 0 Å². The van der Waals surface area contributed by atoms with Crippen LogP contribution in [0.3, 0.4) is 0 Å². The van der Waals surface area contributed by atoms with E-state index in [0.29, 0.717) is 16.5 Å². The van der Waals surface area contributed by atoms with E-state index in [9.17, 15) is 9.59 Å². The molecule has 1 aliphatic heterocycles. The summed E-state index contributed by atoms with van der Waals surface area (Å²) in [7, 11) is 1.56. The van der Waals surface area contributed by atoms with Crippen LogP contribution in [0.25, 0.3) is 0 Å². The lowest BCUT2D eigenvalue weighted by Gasteiger charge is -2.00. The SMILES string of the molecule is COc1ccc(C(=O)N=C2NC(=O)[C@@H](C)S2)cc1. The number of nitrogens with zero attached hydrogens (tertiary/aromatic N) is 1. The van der Waals surface area contributed by atoms with Crippen LogP contribution in [0.15, 0.2) is 29.3 Å². The minimum Gasteiger partial charge on any atom is -0.497 e. The highest BCUT2D eigenvalue weighted by Crippen LogP contribution is 2.19. The molecule has 0 unspecified atom stereocenters. The standard InChI is InChI=1S/C12H12N2O3S/c1-7-10(15)13-12(18-7)14-11(16)8-3-5-9(17-2)6-4-8/h3-7H,1-2H3,(H,13,14,15,16)/t7-/m1/s1. The van der Waals surface area contributed by atoms with Gasteiger partial charge in [-0.25, -0.2) is 0 Å². The summed E-state index contributed by atoms with van der Waals surface area (Å²) >= 11 is 1.25. The highest BCUT2D eigenvalue weighted by atomic mass is 32.2. The Morgan fingerprint density at radius 1 is 1.39 bits per heavy atom. The number of methoxy groups -OCH3 is 1. The Bertz CT molecular complexity index is 511. The molecule has 0 bridgehead atoms. The van der Waals surface area contributed by atoms with Gasteiger partial charge in [0.2, 0.25) is 5.91 Å². The van der Waals surface area contributed by atoms with Crippen molar-refractivity contribution in [1.29, 1.82) is 0 Å². The first-order valence-electron chi connectivity index (χ1n) is 5.35. The van der Waals surface area contributed by atoms with Crippen molar-refractivity contribution in [3.63, 3.8) is 0 Å². The number of ether oxygens (including phenoxy) is 1. The monoisotopic (exact) mass is 264 g/mol. The number of nitrogens with one attached hydrogen (secondary N) is 1. The van der Waals surface area contributed by atoms with Gasteiger partial charge in [0.05, 0.1) is 12.4 Å². The average Bonchev–Trinajstić information content (AvgIpc) is 2.68. The van der Waals surface area contributed by atoms with Crippen molar-refractivity contribution in [2.45, 2.75) is 12.2 Å². The highest BCUT2D eigenvalue weighted by Gasteiger charge is 2.26. The average molecular weight is 264 g/mol. The fourth-order valence-corrected chi connectivity index (χ4v) is 2.20. The molecule has 94 valence electrons. The zero-order valence-electron chi connectivity index (χ0n) is 9.97. The molecule has 0 saturated carbocycles. The smallest absolute Gasteiger partial charge is 0.279 e. The van der Waals surface area contributed by atoms with Gasteiger partial charge in [-0.15, -0.1) is 0 Å². The van der Waals surface area contributed by atoms with E-state index in [1.165, 1.54) is 11.8 Å². The second kappa shape index (κ2) is 5.22. The first-order valence-corrected chi connectivity index (χ1v) is 6.22. The number of hydrogen-bond donors (Lipinski definition) is 1. The van der Waals surface area contributed by atoms with Crippen molar-refractivity contribution < 1.29 is 14.3 Å². The van der Waals surface area contributed by atoms with Crippen LogP contribution in [0, 0.1) is 0 Å². The molecule has 0 aromatic heterocycles. The largest absolute Gasteiger partial charge is 0.497 e. The third kappa shape index (κ3) is 2.70. The van der Waals surface area contributed by atoms with E-state index in [4.69, 9.17) is 4.74 Å². The molecule has 2 rings (SSSR count). The van der Waals surface area contributed by atoms with Crippen LogP contribution in [0.1, 0.15) is 17.3 Å². The summed E-state index contributed by atoms with van der Waals surface area (Å²) in [4.78, 5) is 26.9. The van der Waals surface area contributed by atoms with Crippen LogP contribution in [0.5, 0.6) is 5.75 Å². The predicted octanol–water partition coefficient (Wildman–Crippen LogP) is 1.44. The first-order chi connectivity index (χ1) is 8.60. The van der Waals surface area contributed by atoms with E-state index < -0.39 is 0 Å². The molecule has 1 aliphatic rings. The number of amides is 2. The number of thioether (sulfide) groups is 1. The van der Waals surface area contributed by atoms with Crippen molar-refractivity contribution in [2.75, 3.05) is 7.11 Å². The zero-order chi connectivity index (χ0) is 13.1. The summed E-state index contributed by atoms with van der Waals surface area (Å²) < 4.78 is 5.00. The van der Waals surface area contributed by atoms with Gasteiger partial charge in [-0.05, 0) is 31.2 Å². The zero-order valence-corrected chi connectivity index (χ0v) is 10.8. The van der Waals surface area contributed by atoms with Gasteiger partial charge in [0.25, 0.3) is 5.91 Å². The van der Waals surface area contributed by atoms with E-state index in [1.807, 2.05) is 0 Å². The van der Waals surface area contributed by atoms with Crippen molar-refractivity contribution in [3.8, 4) is 5.75 Å². The second-order valence-corrected chi connectivity index (χ2v) is 5.03. The molecule has 0 spiro atoms. The van der Waals surface area contributed by atoms with Crippen LogP contribution in [0.4, 0.5) is 0 Å². The Labute approximate surface area is 109 Å². The van der Waals surface area contributed by atoms with Crippen molar-refractivity contribution in [2.24, 2.45) is 4.99 Å². The molecule has 0 radical (unpaired) electrons. The summed E-state index contributed by atoms with van der Waals surface area (Å²) in [6.45, 7) is 1.76. The molecule has 1 aromatic rings. The van der Waals surface area contributed by atoms with Gasteiger partial charge in [-0.1, -0.05) is 11.8 Å². The molecular weight excluding hydrogens is 252 g/mol. The topological polar surface area (TPSA) is 67.8 Å². The summed E-state index contributed by atoms with van der Waals surface area (Å²) in [5.74, 6) is 0.173. The van der Waals surface area contributed by atoms with Crippen LogP contribution in [-0.2, 0) is 4.79 Å². The number of carbonyl (C=O) groups excluding carboxylic acids is 2. The van der Waals surface area contributed by atoms with E-state index >= 15 is 0 Å². The Hall–Kier alpha value is -1.82. The van der Waals surface area contributed by atoms with E-state index in [0.717, 1.165) is 0 Å². The number of carbonyl (C=O) groups is 2. The molecular formula is C12H12N2O3S. The Balaban J connectivity index is 2.12. The lowest BCUT2D eigenvalue weighted by atomic mass is 10.2. The maximum absolute atomic E-state index is 11.8. The molecule has 1 fully saturated rings. The lowest BCUT2D eigenvalue weighted by Crippen LogP contribution is -2.23.